The van der Waals surface area contributed by atoms with Gasteiger partial charge in [-0.1, -0.05) is 30.3 Å². The van der Waals surface area contributed by atoms with Crippen LogP contribution in [0.25, 0.3) is 0 Å². The van der Waals surface area contributed by atoms with Crippen molar-refractivity contribution in [2.24, 2.45) is 0 Å². The van der Waals surface area contributed by atoms with Crippen LogP contribution in [0.5, 0.6) is 5.75 Å². The van der Waals surface area contributed by atoms with E-state index in [4.69, 9.17) is 0 Å². The fourth-order valence-electron chi connectivity index (χ4n) is 2.54. The van der Waals surface area contributed by atoms with Gasteiger partial charge in [0.25, 0.3) is 0 Å². The molecule has 0 aliphatic rings. The topological polar surface area (TPSA) is 23.5 Å². The number of rotatable bonds is 5. The van der Waals surface area contributed by atoms with Crippen molar-refractivity contribution in [3.05, 3.63) is 65.2 Å². The molecule has 0 amide bonds. The molecule has 2 aromatic carbocycles. The zero-order valence-corrected chi connectivity index (χ0v) is 13.1. The van der Waals surface area contributed by atoms with Gasteiger partial charge in [0, 0.05) is 6.04 Å². The third-order valence-corrected chi connectivity index (χ3v) is 3.84. The molecule has 124 valence electrons. The first-order chi connectivity index (χ1) is 10.8. The molecule has 0 aliphatic carbocycles. The second-order valence-corrected chi connectivity index (χ2v) is 5.89. The molecule has 0 radical (unpaired) electrons. The highest BCUT2D eigenvalue weighted by molar-refractivity contribution is 5.29. The quantitative estimate of drug-likeness (QED) is 0.894. The number of alkyl halides is 3. The minimum atomic E-state index is -4.32. The van der Waals surface area contributed by atoms with Gasteiger partial charge in [-0.15, -0.1) is 0 Å². The van der Waals surface area contributed by atoms with E-state index < -0.39 is 11.7 Å². The van der Waals surface area contributed by atoms with E-state index in [2.05, 4.69) is 0 Å². The fraction of sp³-hybridized carbons (Fsp3) is 0.333. The Hall–Kier alpha value is -2.01. The van der Waals surface area contributed by atoms with E-state index in [9.17, 15) is 18.3 Å². The van der Waals surface area contributed by atoms with E-state index in [1.807, 2.05) is 25.1 Å². The van der Waals surface area contributed by atoms with Crippen molar-refractivity contribution in [1.82, 2.24) is 4.90 Å². The minimum Gasteiger partial charge on any atom is -0.508 e. The highest BCUT2D eigenvalue weighted by Crippen LogP contribution is 2.30. The molecule has 2 rings (SSSR count). The van der Waals surface area contributed by atoms with E-state index in [0.29, 0.717) is 18.4 Å². The molecular formula is C18H20F3NO. The Morgan fingerprint density at radius 1 is 0.957 bits per heavy atom. The van der Waals surface area contributed by atoms with Gasteiger partial charge in [0.05, 0.1) is 5.56 Å². The molecule has 0 fully saturated rings. The smallest absolute Gasteiger partial charge is 0.416 e. The first kappa shape index (κ1) is 17.3. The molecular weight excluding hydrogens is 303 g/mol. The maximum atomic E-state index is 12.8. The number of phenols is 1. The van der Waals surface area contributed by atoms with Crippen molar-refractivity contribution in [2.75, 3.05) is 14.1 Å². The van der Waals surface area contributed by atoms with Gasteiger partial charge in [0.2, 0.25) is 0 Å². The van der Waals surface area contributed by atoms with Crippen molar-refractivity contribution < 1.29 is 18.3 Å². The third-order valence-electron chi connectivity index (χ3n) is 3.84. The summed E-state index contributed by atoms with van der Waals surface area (Å²) >= 11 is 0. The van der Waals surface area contributed by atoms with Crippen molar-refractivity contribution in [3.63, 3.8) is 0 Å². The predicted octanol–water partition coefficient (Wildman–Crippen LogP) is 4.13. The molecule has 0 saturated carbocycles. The summed E-state index contributed by atoms with van der Waals surface area (Å²) in [6.45, 7) is 0. The Bertz CT molecular complexity index is 653. The molecule has 1 unspecified atom stereocenters. The molecule has 0 aliphatic heterocycles. The lowest BCUT2D eigenvalue weighted by atomic mass is 9.97. The summed E-state index contributed by atoms with van der Waals surface area (Å²) in [4.78, 5) is 1.99. The minimum absolute atomic E-state index is 0.0419. The maximum Gasteiger partial charge on any atom is 0.416 e. The van der Waals surface area contributed by atoms with Crippen molar-refractivity contribution in [1.29, 1.82) is 0 Å². The van der Waals surface area contributed by atoms with Crippen LogP contribution in [0.3, 0.4) is 0 Å². The number of phenolic OH excluding ortho intramolecular Hbond substituents is 1. The van der Waals surface area contributed by atoms with Gasteiger partial charge in [-0.2, -0.15) is 13.2 Å². The summed E-state index contributed by atoms with van der Waals surface area (Å²) in [5.41, 5.74) is 0.985. The molecule has 2 nitrogen and oxygen atoms in total. The average molecular weight is 323 g/mol. The molecule has 23 heavy (non-hydrogen) atoms. The summed E-state index contributed by atoms with van der Waals surface area (Å²) in [5.74, 6) is 0.194. The Kier molecular flexibility index (Phi) is 5.31. The Morgan fingerprint density at radius 2 is 1.52 bits per heavy atom. The van der Waals surface area contributed by atoms with E-state index in [1.165, 1.54) is 12.1 Å². The molecule has 0 bridgehead atoms. The number of nitrogens with zero attached hydrogens (tertiary/aromatic N) is 1. The van der Waals surface area contributed by atoms with Crippen LogP contribution in [0.4, 0.5) is 13.2 Å². The standard InChI is InChI=1S/C18H20F3NO/c1-22(2)16(11-14-6-4-8-17(23)12-14)10-13-5-3-7-15(9-13)18(19,20)21/h3-9,12,16,23H,10-11H2,1-2H3. The summed E-state index contributed by atoms with van der Waals surface area (Å²) < 4.78 is 38.5. The van der Waals surface area contributed by atoms with Gasteiger partial charge in [0.1, 0.15) is 5.75 Å². The van der Waals surface area contributed by atoms with Crippen LogP contribution in [0.2, 0.25) is 0 Å². The number of benzene rings is 2. The Balaban J connectivity index is 2.17. The molecule has 1 atom stereocenters. The number of hydrogen-bond acceptors (Lipinski definition) is 2. The summed E-state index contributed by atoms with van der Waals surface area (Å²) in [6.07, 6.45) is -3.17. The van der Waals surface area contributed by atoms with E-state index >= 15 is 0 Å². The Labute approximate surface area is 134 Å². The molecule has 2 aromatic rings. The zero-order valence-electron chi connectivity index (χ0n) is 13.1. The monoisotopic (exact) mass is 323 g/mol. The molecule has 0 heterocycles. The van der Waals surface area contributed by atoms with Gasteiger partial charge >= 0.3 is 6.18 Å². The van der Waals surface area contributed by atoms with Gasteiger partial charge in [-0.05, 0) is 56.3 Å². The van der Waals surface area contributed by atoms with Gasteiger partial charge in [-0.25, -0.2) is 0 Å². The lowest BCUT2D eigenvalue weighted by Crippen LogP contribution is -2.32. The van der Waals surface area contributed by atoms with Crippen LogP contribution < -0.4 is 0 Å². The SMILES string of the molecule is CN(C)C(Cc1cccc(O)c1)Cc1cccc(C(F)(F)F)c1. The molecule has 0 saturated heterocycles. The van der Waals surface area contributed by atoms with E-state index in [0.717, 1.165) is 11.6 Å². The first-order valence-electron chi connectivity index (χ1n) is 7.36. The van der Waals surface area contributed by atoms with Gasteiger partial charge in [-0.3, -0.25) is 0 Å². The fourth-order valence-corrected chi connectivity index (χ4v) is 2.54. The molecule has 1 N–H and O–H groups in total. The predicted molar refractivity (Wildman–Crippen MR) is 84.4 cm³/mol. The normalized spacial score (nSPS) is 13.3. The van der Waals surface area contributed by atoms with Crippen LogP contribution >= 0.6 is 0 Å². The zero-order chi connectivity index (χ0) is 17.0. The van der Waals surface area contributed by atoms with Crippen molar-refractivity contribution >= 4 is 0 Å². The van der Waals surface area contributed by atoms with Gasteiger partial charge < -0.3 is 10.0 Å². The summed E-state index contributed by atoms with van der Waals surface area (Å²) in [7, 11) is 3.81. The number of likely N-dealkylation sites (N-methyl/N-ethyl adjacent to an activating group) is 1. The molecule has 5 heteroatoms. The molecule has 0 aromatic heterocycles. The largest absolute Gasteiger partial charge is 0.508 e. The maximum absolute atomic E-state index is 12.8. The first-order valence-corrected chi connectivity index (χ1v) is 7.36. The summed E-state index contributed by atoms with van der Waals surface area (Å²) in [6, 6.07) is 12.4. The highest BCUT2D eigenvalue weighted by atomic mass is 19.4. The van der Waals surface area contributed by atoms with E-state index in [1.54, 1.807) is 24.3 Å². The van der Waals surface area contributed by atoms with Crippen molar-refractivity contribution in [2.45, 2.75) is 25.1 Å². The average Bonchev–Trinajstić information content (AvgIpc) is 2.46. The summed E-state index contributed by atoms with van der Waals surface area (Å²) in [5, 5.41) is 9.54. The van der Waals surface area contributed by atoms with E-state index in [-0.39, 0.29) is 11.8 Å². The lowest BCUT2D eigenvalue weighted by Gasteiger charge is -2.25. The van der Waals surface area contributed by atoms with Crippen LogP contribution in [0, 0.1) is 0 Å². The lowest BCUT2D eigenvalue weighted by molar-refractivity contribution is -0.137. The Morgan fingerprint density at radius 3 is 2.04 bits per heavy atom. The third kappa shape index (κ3) is 4.99. The van der Waals surface area contributed by atoms with Crippen LogP contribution in [-0.4, -0.2) is 30.1 Å². The number of aromatic hydroxyl groups is 1. The number of hydrogen-bond donors (Lipinski definition) is 1. The van der Waals surface area contributed by atoms with Crippen LogP contribution in [-0.2, 0) is 19.0 Å². The highest BCUT2D eigenvalue weighted by Gasteiger charge is 2.30. The van der Waals surface area contributed by atoms with Crippen LogP contribution in [0.15, 0.2) is 48.5 Å². The second-order valence-electron chi connectivity index (χ2n) is 5.89. The second kappa shape index (κ2) is 7.04. The molecule has 0 spiro atoms. The van der Waals surface area contributed by atoms with Crippen molar-refractivity contribution in [3.8, 4) is 5.75 Å². The number of halogens is 3. The van der Waals surface area contributed by atoms with Gasteiger partial charge in [0.15, 0.2) is 0 Å². The van der Waals surface area contributed by atoms with Crippen LogP contribution in [0.1, 0.15) is 16.7 Å².